The number of halogens is 2. The van der Waals surface area contributed by atoms with E-state index in [1.807, 2.05) is 6.07 Å². The highest BCUT2D eigenvalue weighted by Crippen LogP contribution is 2.53. The Morgan fingerprint density at radius 3 is 2.47 bits per heavy atom. The van der Waals surface area contributed by atoms with E-state index in [-0.39, 0.29) is 11.8 Å². The minimum Gasteiger partial charge on any atom is -0.496 e. The van der Waals surface area contributed by atoms with Gasteiger partial charge < -0.3 is 20.3 Å². The summed E-state index contributed by atoms with van der Waals surface area (Å²) in [4.78, 5) is 24.7. The summed E-state index contributed by atoms with van der Waals surface area (Å²) in [6.45, 7) is 5.73. The lowest BCUT2D eigenvalue weighted by molar-refractivity contribution is -0.150. The van der Waals surface area contributed by atoms with Crippen LogP contribution in [0.25, 0.3) is 0 Å². The summed E-state index contributed by atoms with van der Waals surface area (Å²) < 4.78 is 11.1. The van der Waals surface area contributed by atoms with Crippen molar-refractivity contribution in [3.05, 3.63) is 63.6 Å². The zero-order valence-corrected chi connectivity index (χ0v) is 23.3. The number of hydrogen-bond donors (Lipinski definition) is 3. The van der Waals surface area contributed by atoms with Crippen LogP contribution in [-0.2, 0) is 19.7 Å². The van der Waals surface area contributed by atoms with Gasteiger partial charge in [-0.15, -0.1) is 0 Å². The van der Waals surface area contributed by atoms with Crippen LogP contribution in [0, 0.1) is 16.7 Å². The van der Waals surface area contributed by atoms with Gasteiger partial charge in [-0.2, -0.15) is 5.26 Å². The first-order valence-electron chi connectivity index (χ1n) is 12.2. The molecular weight excluding hydrogens is 529 g/mol. The van der Waals surface area contributed by atoms with Crippen LogP contribution in [0.2, 0.25) is 10.0 Å². The molecule has 1 saturated heterocycles. The average Bonchev–Trinajstić information content (AvgIpc) is 3.15. The lowest BCUT2D eigenvalue weighted by Gasteiger charge is -2.38. The molecule has 8 nitrogen and oxygen atoms in total. The fourth-order valence-corrected chi connectivity index (χ4v) is 5.61. The van der Waals surface area contributed by atoms with Crippen LogP contribution in [0.3, 0.4) is 0 Å². The van der Waals surface area contributed by atoms with E-state index in [1.165, 1.54) is 7.11 Å². The summed E-state index contributed by atoms with van der Waals surface area (Å²) in [5, 5.41) is 25.3. The van der Waals surface area contributed by atoms with Crippen LogP contribution < -0.4 is 15.8 Å². The van der Waals surface area contributed by atoms with Gasteiger partial charge >= 0.3 is 5.97 Å². The van der Waals surface area contributed by atoms with Gasteiger partial charge in [-0.05, 0) is 41.7 Å². The summed E-state index contributed by atoms with van der Waals surface area (Å²) in [6.07, 6.45) is -1.07. The van der Waals surface area contributed by atoms with Crippen molar-refractivity contribution in [1.29, 1.82) is 5.26 Å². The summed E-state index contributed by atoms with van der Waals surface area (Å²) >= 11 is 12.6. The molecule has 0 spiro atoms. The third-order valence-corrected chi connectivity index (χ3v) is 7.15. The highest BCUT2D eigenvalue weighted by atomic mass is 35.5. The number of carbonyl (C=O) groups excluding carboxylic acids is 2. The van der Waals surface area contributed by atoms with Crippen molar-refractivity contribution in [2.24, 2.45) is 11.1 Å². The molecule has 2 aromatic rings. The summed E-state index contributed by atoms with van der Waals surface area (Å²) in [6, 6.07) is 13.2. The molecule has 1 aliphatic rings. The van der Waals surface area contributed by atoms with Gasteiger partial charge in [0, 0.05) is 27.6 Å². The summed E-state index contributed by atoms with van der Waals surface area (Å²) in [5.41, 5.74) is 4.84. The molecule has 0 unspecified atom stereocenters. The second-order valence-electron chi connectivity index (χ2n) is 10.8. The standard InChI is InChI=1S/C28H33Cl2N3O5/c1-27(2,3)13-22-28(15-31,20-9-8-18(30)11-21(20)37-4)24(16-6-5-7-17(29)10-16)25(33-22)26(36)38-14-19(34)12-23(32)35/h5-11,19,22,24-25,33-34H,12-14H2,1-4H3,(H2,32,35)/t19-,22+,24+,25+,28+/m1/s1. The minimum atomic E-state index is -1.30. The maximum atomic E-state index is 13.6. The van der Waals surface area contributed by atoms with Crippen LogP contribution in [0.4, 0.5) is 0 Å². The molecule has 4 N–H and O–H groups in total. The van der Waals surface area contributed by atoms with E-state index in [2.05, 4.69) is 32.2 Å². The number of carbonyl (C=O) groups is 2. The predicted molar refractivity (Wildman–Crippen MR) is 145 cm³/mol. The Kier molecular flexibility index (Phi) is 9.32. The van der Waals surface area contributed by atoms with E-state index in [0.29, 0.717) is 33.3 Å². The topological polar surface area (TPSA) is 135 Å². The van der Waals surface area contributed by atoms with Crippen molar-refractivity contribution in [3.8, 4) is 11.8 Å². The Morgan fingerprint density at radius 1 is 1.21 bits per heavy atom. The largest absolute Gasteiger partial charge is 0.496 e. The zero-order valence-electron chi connectivity index (χ0n) is 21.8. The third kappa shape index (κ3) is 6.41. The van der Waals surface area contributed by atoms with Gasteiger partial charge in [0.1, 0.15) is 23.8 Å². The van der Waals surface area contributed by atoms with Crippen molar-refractivity contribution in [2.75, 3.05) is 13.7 Å². The molecule has 5 atom stereocenters. The number of nitrogens with zero attached hydrogens (tertiary/aromatic N) is 1. The first-order valence-corrected chi connectivity index (χ1v) is 13.0. The molecule has 0 radical (unpaired) electrons. The number of methoxy groups -OCH3 is 1. The van der Waals surface area contributed by atoms with Gasteiger partial charge in [0.15, 0.2) is 0 Å². The zero-order chi connectivity index (χ0) is 28.3. The monoisotopic (exact) mass is 561 g/mol. The van der Waals surface area contributed by atoms with E-state index in [4.69, 9.17) is 38.4 Å². The Morgan fingerprint density at radius 2 is 1.89 bits per heavy atom. The number of nitrogens with two attached hydrogens (primary N) is 1. The molecular formula is C28H33Cl2N3O5. The minimum absolute atomic E-state index is 0.227. The van der Waals surface area contributed by atoms with Gasteiger partial charge in [-0.1, -0.05) is 62.2 Å². The number of nitriles is 1. The molecule has 1 heterocycles. The molecule has 38 heavy (non-hydrogen) atoms. The summed E-state index contributed by atoms with van der Waals surface area (Å²) in [5.74, 6) is -1.73. The second-order valence-corrected chi connectivity index (χ2v) is 11.6. The van der Waals surface area contributed by atoms with Crippen molar-refractivity contribution < 1.29 is 24.2 Å². The molecule has 0 saturated carbocycles. The Balaban J connectivity index is 2.21. The van der Waals surface area contributed by atoms with E-state index in [9.17, 15) is 20.0 Å². The fraction of sp³-hybridized carbons (Fsp3) is 0.464. The van der Waals surface area contributed by atoms with Gasteiger partial charge in [-0.25, -0.2) is 0 Å². The number of amides is 1. The highest BCUT2D eigenvalue weighted by molar-refractivity contribution is 6.31. The van der Waals surface area contributed by atoms with Crippen LogP contribution >= 0.6 is 23.2 Å². The van der Waals surface area contributed by atoms with Crippen LogP contribution in [0.5, 0.6) is 5.75 Å². The maximum absolute atomic E-state index is 13.6. The van der Waals surface area contributed by atoms with Crippen LogP contribution in [0.15, 0.2) is 42.5 Å². The van der Waals surface area contributed by atoms with Crippen LogP contribution in [0.1, 0.15) is 50.7 Å². The number of aliphatic hydroxyl groups is 1. The number of primary amides is 1. The number of rotatable bonds is 9. The first-order chi connectivity index (χ1) is 17.8. The normalized spacial score (nSPS) is 23.9. The van der Waals surface area contributed by atoms with Gasteiger partial charge in [0.25, 0.3) is 0 Å². The number of nitrogens with one attached hydrogen (secondary N) is 1. The number of benzene rings is 2. The van der Waals surface area contributed by atoms with Crippen molar-refractivity contribution in [3.63, 3.8) is 0 Å². The smallest absolute Gasteiger partial charge is 0.323 e. The molecule has 1 amide bonds. The fourth-order valence-electron chi connectivity index (χ4n) is 5.24. The molecule has 3 rings (SSSR count). The van der Waals surface area contributed by atoms with E-state index < -0.39 is 48.0 Å². The Bertz CT molecular complexity index is 1230. The number of hydrogen-bond acceptors (Lipinski definition) is 7. The molecule has 1 fully saturated rings. The molecule has 204 valence electrons. The lowest BCUT2D eigenvalue weighted by Crippen LogP contribution is -2.44. The summed E-state index contributed by atoms with van der Waals surface area (Å²) in [7, 11) is 1.50. The van der Waals surface area contributed by atoms with Crippen molar-refractivity contribution >= 4 is 35.1 Å². The number of aliphatic hydroxyl groups excluding tert-OH is 1. The SMILES string of the molecule is COc1cc(Cl)ccc1[C@@]1(C#N)[C@H](CC(C)(C)C)N[C@H](C(=O)OC[C@H](O)CC(N)=O)[C@@H]1c1cccc(Cl)c1. The first kappa shape index (κ1) is 29.7. The lowest BCUT2D eigenvalue weighted by atomic mass is 9.62. The van der Waals surface area contributed by atoms with Crippen molar-refractivity contribution in [2.45, 2.75) is 63.1 Å². The maximum Gasteiger partial charge on any atom is 0.323 e. The van der Waals surface area contributed by atoms with Gasteiger partial charge in [0.05, 0.1) is 25.7 Å². The average molecular weight is 562 g/mol. The van der Waals surface area contributed by atoms with Gasteiger partial charge in [0.2, 0.25) is 5.91 Å². The quantitative estimate of drug-likeness (QED) is 0.392. The molecule has 1 aliphatic heterocycles. The van der Waals surface area contributed by atoms with E-state index in [1.54, 1.807) is 36.4 Å². The Hall–Kier alpha value is -2.83. The molecule has 10 heteroatoms. The molecule has 0 aromatic heterocycles. The van der Waals surface area contributed by atoms with E-state index >= 15 is 0 Å². The van der Waals surface area contributed by atoms with Crippen LogP contribution in [-0.4, -0.2) is 48.9 Å². The highest BCUT2D eigenvalue weighted by Gasteiger charge is 2.61. The Labute approximate surface area is 233 Å². The van der Waals surface area contributed by atoms with Gasteiger partial charge in [-0.3, -0.25) is 14.9 Å². The third-order valence-electron chi connectivity index (χ3n) is 6.68. The molecule has 0 bridgehead atoms. The second kappa shape index (κ2) is 11.9. The predicted octanol–water partition coefficient (Wildman–Crippen LogP) is 4.10. The molecule has 2 aromatic carbocycles. The number of ether oxygens (including phenoxy) is 2. The van der Waals surface area contributed by atoms with Crippen molar-refractivity contribution in [1.82, 2.24) is 5.32 Å². The molecule has 0 aliphatic carbocycles. The number of esters is 1. The van der Waals surface area contributed by atoms with E-state index in [0.717, 1.165) is 0 Å².